The van der Waals surface area contributed by atoms with Crippen molar-refractivity contribution in [2.75, 3.05) is 0 Å². The van der Waals surface area contributed by atoms with E-state index in [4.69, 9.17) is 14.2 Å². The van der Waals surface area contributed by atoms with E-state index in [-0.39, 0.29) is 18.0 Å². The van der Waals surface area contributed by atoms with E-state index >= 15 is 0 Å². The third kappa shape index (κ3) is 2.09. The molecule has 3 aliphatic rings. The molecule has 5 rings (SSSR count). The van der Waals surface area contributed by atoms with Crippen LogP contribution < -0.4 is 0 Å². The molecule has 1 saturated heterocycles. The SMILES string of the molecule is O=C1O[C@@H]2c3ccccc3C[C@@H]2/C1=C\O[C@@H]1OC(=O)c2ccccc21. The maximum Gasteiger partial charge on any atom is 0.342 e. The van der Waals surface area contributed by atoms with Gasteiger partial charge in [-0.2, -0.15) is 0 Å². The molecule has 3 atom stereocenters. The summed E-state index contributed by atoms with van der Waals surface area (Å²) in [5.74, 6) is -0.849. The number of cyclic esters (lactones) is 1. The molecule has 0 bridgehead atoms. The van der Waals surface area contributed by atoms with Gasteiger partial charge in [0, 0.05) is 11.5 Å². The first kappa shape index (κ1) is 14.3. The van der Waals surface area contributed by atoms with Crippen molar-refractivity contribution in [2.24, 2.45) is 5.92 Å². The van der Waals surface area contributed by atoms with E-state index in [0.717, 1.165) is 12.0 Å². The van der Waals surface area contributed by atoms with Crippen LogP contribution in [0.4, 0.5) is 0 Å². The van der Waals surface area contributed by atoms with E-state index in [1.54, 1.807) is 18.2 Å². The van der Waals surface area contributed by atoms with Crippen molar-refractivity contribution >= 4 is 11.9 Å². The van der Waals surface area contributed by atoms with E-state index in [9.17, 15) is 9.59 Å². The second kappa shape index (κ2) is 5.21. The predicted octanol–water partition coefficient (Wildman–Crippen LogP) is 3.23. The molecule has 25 heavy (non-hydrogen) atoms. The lowest BCUT2D eigenvalue weighted by Gasteiger charge is -2.11. The van der Waals surface area contributed by atoms with E-state index in [0.29, 0.717) is 16.7 Å². The van der Waals surface area contributed by atoms with E-state index in [2.05, 4.69) is 6.07 Å². The van der Waals surface area contributed by atoms with Crippen LogP contribution in [0.5, 0.6) is 0 Å². The van der Waals surface area contributed by atoms with Gasteiger partial charge in [0.2, 0.25) is 0 Å². The topological polar surface area (TPSA) is 61.8 Å². The Hall–Kier alpha value is -3.08. The first-order chi connectivity index (χ1) is 12.2. The normalized spacial score (nSPS) is 27.5. The molecule has 0 N–H and O–H groups in total. The van der Waals surface area contributed by atoms with Crippen LogP contribution in [0.2, 0.25) is 0 Å². The first-order valence-corrected chi connectivity index (χ1v) is 8.16. The van der Waals surface area contributed by atoms with Gasteiger partial charge in [-0.15, -0.1) is 0 Å². The molecule has 1 fully saturated rings. The Kier molecular flexibility index (Phi) is 2.98. The minimum absolute atomic E-state index is 0.0581. The van der Waals surface area contributed by atoms with Gasteiger partial charge < -0.3 is 14.2 Å². The van der Waals surface area contributed by atoms with Gasteiger partial charge in [0.05, 0.1) is 17.4 Å². The fraction of sp³-hybridized carbons (Fsp3) is 0.200. The smallest absolute Gasteiger partial charge is 0.342 e. The Morgan fingerprint density at radius 3 is 2.56 bits per heavy atom. The third-order valence-corrected chi connectivity index (χ3v) is 5.00. The van der Waals surface area contributed by atoms with E-state index in [1.807, 2.05) is 24.3 Å². The Labute approximate surface area is 143 Å². The molecular weight excluding hydrogens is 320 g/mol. The highest BCUT2D eigenvalue weighted by atomic mass is 16.7. The van der Waals surface area contributed by atoms with Gasteiger partial charge in [0.15, 0.2) is 0 Å². The minimum Gasteiger partial charge on any atom is -0.458 e. The molecule has 0 spiro atoms. The summed E-state index contributed by atoms with van der Waals surface area (Å²) < 4.78 is 16.4. The second-order valence-corrected chi connectivity index (χ2v) is 6.37. The average molecular weight is 334 g/mol. The van der Waals surface area contributed by atoms with Gasteiger partial charge in [-0.25, -0.2) is 9.59 Å². The third-order valence-electron chi connectivity index (χ3n) is 5.00. The Balaban J connectivity index is 1.42. The van der Waals surface area contributed by atoms with Crippen LogP contribution in [0.15, 0.2) is 60.4 Å². The first-order valence-electron chi connectivity index (χ1n) is 8.16. The summed E-state index contributed by atoms with van der Waals surface area (Å²) in [5, 5.41) is 0. The molecule has 2 aliphatic heterocycles. The van der Waals surface area contributed by atoms with Crippen molar-refractivity contribution in [3.8, 4) is 0 Å². The highest BCUT2D eigenvalue weighted by molar-refractivity contribution is 5.94. The zero-order chi connectivity index (χ0) is 17.0. The summed E-state index contributed by atoms with van der Waals surface area (Å²) in [5.41, 5.74) is 3.89. The molecule has 0 amide bonds. The van der Waals surface area contributed by atoms with Crippen LogP contribution in [-0.4, -0.2) is 11.9 Å². The van der Waals surface area contributed by atoms with Crippen LogP contribution in [0, 0.1) is 5.92 Å². The summed E-state index contributed by atoms with van der Waals surface area (Å²) in [4.78, 5) is 24.1. The van der Waals surface area contributed by atoms with Crippen molar-refractivity contribution in [2.45, 2.75) is 18.8 Å². The molecule has 2 aromatic rings. The molecular formula is C20H14O5. The van der Waals surface area contributed by atoms with Gasteiger partial charge >= 0.3 is 11.9 Å². The number of benzene rings is 2. The average Bonchev–Trinajstić information content (AvgIpc) is 3.24. The van der Waals surface area contributed by atoms with Crippen LogP contribution in [0.3, 0.4) is 0 Å². The number of esters is 2. The maximum atomic E-state index is 12.2. The summed E-state index contributed by atoms with van der Waals surface area (Å²) >= 11 is 0. The molecule has 124 valence electrons. The molecule has 0 unspecified atom stereocenters. The van der Waals surface area contributed by atoms with Crippen molar-refractivity contribution in [3.05, 3.63) is 82.6 Å². The molecule has 5 nitrogen and oxygen atoms in total. The van der Waals surface area contributed by atoms with Crippen molar-refractivity contribution in [1.29, 1.82) is 0 Å². The summed E-state index contributed by atoms with van der Waals surface area (Å²) in [6, 6.07) is 15.0. The summed E-state index contributed by atoms with van der Waals surface area (Å²) in [6.45, 7) is 0. The molecule has 1 aliphatic carbocycles. The number of hydrogen-bond acceptors (Lipinski definition) is 5. The van der Waals surface area contributed by atoms with Crippen LogP contribution in [0.1, 0.15) is 39.4 Å². The highest BCUT2D eigenvalue weighted by Crippen LogP contribution is 2.48. The quantitative estimate of drug-likeness (QED) is 0.479. The summed E-state index contributed by atoms with van der Waals surface area (Å²) in [7, 11) is 0. The summed E-state index contributed by atoms with van der Waals surface area (Å²) in [6.07, 6.45) is 1.06. The Bertz CT molecular complexity index is 929. The number of fused-ring (bicyclic) bond motifs is 4. The lowest BCUT2D eigenvalue weighted by molar-refractivity contribution is -0.139. The van der Waals surface area contributed by atoms with Gasteiger partial charge in [0.1, 0.15) is 6.10 Å². The van der Waals surface area contributed by atoms with Crippen LogP contribution in [-0.2, 0) is 25.4 Å². The Morgan fingerprint density at radius 1 is 0.920 bits per heavy atom. The standard InChI is InChI=1S/C20H14O5/c21-18-13-7-3-4-8-14(13)20(25-18)23-10-16-15-9-11-5-1-2-6-12(11)17(15)24-19(16)22/h1-8,10,15,17,20H,9H2/b16-10+/t15-,17-,20-/m1/s1. The second-order valence-electron chi connectivity index (χ2n) is 6.37. The number of hydrogen-bond donors (Lipinski definition) is 0. The van der Waals surface area contributed by atoms with Crippen LogP contribution in [0.25, 0.3) is 0 Å². The van der Waals surface area contributed by atoms with E-state index < -0.39 is 12.3 Å². The van der Waals surface area contributed by atoms with Gasteiger partial charge in [-0.1, -0.05) is 42.5 Å². The zero-order valence-corrected chi connectivity index (χ0v) is 13.2. The molecule has 5 heteroatoms. The number of ether oxygens (including phenoxy) is 3. The highest BCUT2D eigenvalue weighted by Gasteiger charge is 2.46. The molecule has 0 aromatic heterocycles. The number of carbonyl (C=O) groups excluding carboxylic acids is 2. The lowest BCUT2D eigenvalue weighted by atomic mass is 9.98. The van der Waals surface area contributed by atoms with E-state index in [1.165, 1.54) is 11.8 Å². The van der Waals surface area contributed by atoms with Gasteiger partial charge in [-0.3, -0.25) is 0 Å². The fourth-order valence-corrected chi connectivity index (χ4v) is 3.80. The molecule has 2 aromatic carbocycles. The molecule has 0 saturated carbocycles. The van der Waals surface area contributed by atoms with Crippen molar-refractivity contribution < 1.29 is 23.8 Å². The Morgan fingerprint density at radius 2 is 1.68 bits per heavy atom. The minimum atomic E-state index is -0.827. The van der Waals surface area contributed by atoms with Crippen molar-refractivity contribution in [3.63, 3.8) is 0 Å². The lowest BCUT2D eigenvalue weighted by Crippen LogP contribution is -2.07. The fourth-order valence-electron chi connectivity index (χ4n) is 3.80. The van der Waals surface area contributed by atoms with Gasteiger partial charge in [0.25, 0.3) is 6.29 Å². The van der Waals surface area contributed by atoms with Crippen molar-refractivity contribution in [1.82, 2.24) is 0 Å². The zero-order valence-electron chi connectivity index (χ0n) is 13.2. The molecule has 2 heterocycles. The maximum absolute atomic E-state index is 12.2. The monoisotopic (exact) mass is 334 g/mol. The van der Waals surface area contributed by atoms with Gasteiger partial charge in [-0.05, 0) is 23.6 Å². The number of rotatable bonds is 2. The number of carbonyl (C=O) groups is 2. The largest absolute Gasteiger partial charge is 0.458 e. The van der Waals surface area contributed by atoms with Crippen LogP contribution >= 0.6 is 0 Å². The molecule has 0 radical (unpaired) electrons. The predicted molar refractivity (Wildman–Crippen MR) is 86.2 cm³/mol.